The molecule has 0 amide bonds. The Morgan fingerprint density at radius 3 is 2.38 bits per heavy atom. The maximum absolute atomic E-state index is 11.8. The van der Waals surface area contributed by atoms with Crippen molar-refractivity contribution in [3.63, 3.8) is 0 Å². The van der Waals surface area contributed by atoms with Gasteiger partial charge in [0, 0.05) is 25.1 Å². The van der Waals surface area contributed by atoms with Gasteiger partial charge in [0.1, 0.15) is 0 Å². The molecule has 0 unspecified atom stereocenters. The second-order valence-electron chi connectivity index (χ2n) is 5.79. The van der Waals surface area contributed by atoms with Crippen molar-refractivity contribution in [3.8, 4) is 0 Å². The monoisotopic (exact) mass is 311 g/mol. The molecule has 1 aliphatic heterocycles. The molecule has 1 aromatic rings. The smallest absolute Gasteiger partial charge is 0.177 e. The predicted octanol–water partition coefficient (Wildman–Crippen LogP) is 2.19. The van der Waals surface area contributed by atoms with Gasteiger partial charge in [-0.15, -0.1) is 0 Å². The zero-order chi connectivity index (χ0) is 14.9. The van der Waals surface area contributed by atoms with Gasteiger partial charge in [-0.25, -0.2) is 8.42 Å². The topological polar surface area (TPSA) is 64.6 Å². The van der Waals surface area contributed by atoms with Crippen LogP contribution in [0.15, 0.2) is 29.2 Å². The molecule has 0 radical (unpaired) electrons. The van der Waals surface area contributed by atoms with Crippen LogP contribution in [0.4, 0.5) is 5.69 Å². The number of hydrogen-bond donors (Lipinski definition) is 1. The molecular formula is C15H21NO4S. The SMILES string of the molecule is CS(=O)(=O)c1ccccc1NC1CCC2(CC1)OCCO2. The molecule has 116 valence electrons. The molecule has 0 atom stereocenters. The highest BCUT2D eigenvalue weighted by atomic mass is 32.2. The van der Waals surface area contributed by atoms with Crippen molar-refractivity contribution < 1.29 is 17.9 Å². The summed E-state index contributed by atoms with van der Waals surface area (Å²) in [5.41, 5.74) is 0.689. The lowest BCUT2D eigenvalue weighted by molar-refractivity contribution is -0.177. The fourth-order valence-corrected chi connectivity index (χ4v) is 3.97. The van der Waals surface area contributed by atoms with Crippen molar-refractivity contribution in [2.45, 2.75) is 42.4 Å². The van der Waals surface area contributed by atoms with Gasteiger partial charge in [-0.2, -0.15) is 0 Å². The number of sulfone groups is 1. The summed E-state index contributed by atoms with van der Waals surface area (Å²) in [5, 5.41) is 3.37. The van der Waals surface area contributed by atoms with Crippen LogP contribution in [0.3, 0.4) is 0 Å². The molecule has 1 aliphatic carbocycles. The average Bonchev–Trinajstić information content (AvgIpc) is 2.90. The van der Waals surface area contributed by atoms with Gasteiger partial charge in [0.25, 0.3) is 0 Å². The molecule has 1 spiro atoms. The molecule has 2 aliphatic rings. The van der Waals surface area contributed by atoms with E-state index in [4.69, 9.17) is 9.47 Å². The van der Waals surface area contributed by atoms with Gasteiger partial charge in [-0.1, -0.05) is 12.1 Å². The van der Waals surface area contributed by atoms with Gasteiger partial charge < -0.3 is 14.8 Å². The molecule has 6 heteroatoms. The van der Waals surface area contributed by atoms with E-state index in [0.29, 0.717) is 23.8 Å². The lowest BCUT2D eigenvalue weighted by Gasteiger charge is -2.36. The Morgan fingerprint density at radius 2 is 1.76 bits per heavy atom. The van der Waals surface area contributed by atoms with Gasteiger partial charge in [-0.3, -0.25) is 0 Å². The molecule has 0 bridgehead atoms. The summed E-state index contributed by atoms with van der Waals surface area (Å²) in [4.78, 5) is 0.360. The Bertz CT molecular complexity index is 598. The van der Waals surface area contributed by atoms with E-state index < -0.39 is 9.84 Å². The second-order valence-corrected chi connectivity index (χ2v) is 7.78. The zero-order valence-corrected chi connectivity index (χ0v) is 13.0. The normalized spacial score (nSPS) is 22.5. The first-order valence-corrected chi connectivity index (χ1v) is 9.21. The van der Waals surface area contributed by atoms with E-state index in [0.717, 1.165) is 25.7 Å². The summed E-state index contributed by atoms with van der Waals surface area (Å²) in [5.74, 6) is -0.380. The lowest BCUT2D eigenvalue weighted by atomic mass is 9.90. The minimum atomic E-state index is -3.22. The standard InChI is InChI=1S/C15H21NO4S/c1-21(17,18)14-5-3-2-4-13(14)16-12-6-8-15(9-7-12)19-10-11-20-15/h2-5,12,16H,6-11H2,1H3. The third-order valence-corrected chi connectivity index (χ3v) is 5.36. The first kappa shape index (κ1) is 14.8. The van der Waals surface area contributed by atoms with Crippen molar-refractivity contribution in [2.24, 2.45) is 0 Å². The fraction of sp³-hybridized carbons (Fsp3) is 0.600. The maximum atomic E-state index is 11.8. The first-order chi connectivity index (χ1) is 9.99. The molecule has 0 aromatic heterocycles. The first-order valence-electron chi connectivity index (χ1n) is 7.32. The van der Waals surface area contributed by atoms with Crippen molar-refractivity contribution in [1.82, 2.24) is 0 Å². The molecule has 1 aromatic carbocycles. The lowest BCUT2D eigenvalue weighted by Crippen LogP contribution is -2.39. The molecule has 2 fully saturated rings. The number of hydrogen-bond acceptors (Lipinski definition) is 5. The summed E-state index contributed by atoms with van der Waals surface area (Å²) in [7, 11) is -3.22. The molecule has 5 nitrogen and oxygen atoms in total. The van der Waals surface area contributed by atoms with Crippen LogP contribution in [0.25, 0.3) is 0 Å². The van der Waals surface area contributed by atoms with Crippen molar-refractivity contribution in [3.05, 3.63) is 24.3 Å². The molecule has 1 N–H and O–H groups in total. The molecule has 1 saturated carbocycles. The van der Waals surface area contributed by atoms with Crippen molar-refractivity contribution in [2.75, 3.05) is 24.8 Å². The summed E-state index contributed by atoms with van der Waals surface area (Å²) in [6.07, 6.45) is 4.77. The van der Waals surface area contributed by atoms with Gasteiger partial charge in [0.2, 0.25) is 0 Å². The van der Waals surface area contributed by atoms with Crippen molar-refractivity contribution >= 4 is 15.5 Å². The molecule has 3 rings (SSSR count). The molecule has 1 saturated heterocycles. The van der Waals surface area contributed by atoms with Crippen LogP contribution in [0.2, 0.25) is 0 Å². The summed E-state index contributed by atoms with van der Waals surface area (Å²) >= 11 is 0. The maximum Gasteiger partial charge on any atom is 0.177 e. The number of benzene rings is 1. The minimum Gasteiger partial charge on any atom is -0.381 e. The van der Waals surface area contributed by atoms with Crippen LogP contribution >= 0.6 is 0 Å². The van der Waals surface area contributed by atoms with Crippen LogP contribution in [0.5, 0.6) is 0 Å². The van der Waals surface area contributed by atoms with E-state index in [-0.39, 0.29) is 11.8 Å². The molecule has 21 heavy (non-hydrogen) atoms. The average molecular weight is 311 g/mol. The van der Waals surface area contributed by atoms with E-state index in [9.17, 15) is 8.42 Å². The summed E-state index contributed by atoms with van der Waals surface area (Å²) < 4.78 is 35.1. The van der Waals surface area contributed by atoms with Crippen LogP contribution in [-0.2, 0) is 19.3 Å². The fourth-order valence-electron chi connectivity index (χ4n) is 3.12. The Hall–Kier alpha value is -1.11. The van der Waals surface area contributed by atoms with Gasteiger partial charge in [-0.05, 0) is 25.0 Å². The van der Waals surface area contributed by atoms with Gasteiger partial charge in [0.05, 0.1) is 23.8 Å². The Labute approximate surface area is 125 Å². The van der Waals surface area contributed by atoms with Crippen LogP contribution in [-0.4, -0.2) is 39.7 Å². The van der Waals surface area contributed by atoms with Crippen molar-refractivity contribution in [1.29, 1.82) is 0 Å². The summed E-state index contributed by atoms with van der Waals surface area (Å²) in [6.45, 7) is 1.35. The van der Waals surface area contributed by atoms with Crippen LogP contribution in [0.1, 0.15) is 25.7 Å². The highest BCUT2D eigenvalue weighted by Crippen LogP contribution is 2.37. The van der Waals surface area contributed by atoms with E-state index >= 15 is 0 Å². The van der Waals surface area contributed by atoms with Gasteiger partial charge >= 0.3 is 0 Å². The second kappa shape index (κ2) is 5.59. The Kier molecular flexibility index (Phi) is 3.94. The Morgan fingerprint density at radius 1 is 1.14 bits per heavy atom. The van der Waals surface area contributed by atoms with E-state index in [1.54, 1.807) is 12.1 Å². The third kappa shape index (κ3) is 3.22. The predicted molar refractivity (Wildman–Crippen MR) is 80.1 cm³/mol. The largest absolute Gasteiger partial charge is 0.381 e. The third-order valence-electron chi connectivity index (χ3n) is 4.21. The van der Waals surface area contributed by atoms with E-state index in [2.05, 4.69) is 5.32 Å². The quantitative estimate of drug-likeness (QED) is 0.927. The van der Waals surface area contributed by atoms with Gasteiger partial charge in [0.15, 0.2) is 15.6 Å². The minimum absolute atomic E-state index is 0.256. The van der Waals surface area contributed by atoms with Crippen LogP contribution in [0, 0.1) is 0 Å². The number of rotatable bonds is 3. The number of anilines is 1. The highest BCUT2D eigenvalue weighted by molar-refractivity contribution is 7.90. The Balaban J connectivity index is 1.69. The summed E-state index contributed by atoms with van der Waals surface area (Å²) in [6, 6.07) is 7.32. The van der Waals surface area contributed by atoms with E-state index in [1.807, 2.05) is 12.1 Å². The van der Waals surface area contributed by atoms with Crippen LogP contribution < -0.4 is 5.32 Å². The molecular weight excluding hydrogens is 290 g/mol. The number of nitrogens with one attached hydrogen (secondary N) is 1. The van der Waals surface area contributed by atoms with E-state index in [1.165, 1.54) is 6.26 Å². The highest BCUT2D eigenvalue weighted by Gasteiger charge is 2.40. The number of para-hydroxylation sites is 1. The zero-order valence-electron chi connectivity index (χ0n) is 12.2. The number of ether oxygens (including phenoxy) is 2. The molecule has 1 heterocycles.